The van der Waals surface area contributed by atoms with Gasteiger partial charge in [-0.2, -0.15) is 0 Å². The van der Waals surface area contributed by atoms with Gasteiger partial charge in [0.2, 0.25) is 0 Å². The molecule has 0 unspecified atom stereocenters. The van der Waals surface area contributed by atoms with Crippen molar-refractivity contribution in [2.75, 3.05) is 7.11 Å². The molecule has 0 radical (unpaired) electrons. The maximum atomic E-state index is 13.1. The van der Waals surface area contributed by atoms with E-state index in [1.807, 2.05) is 42.5 Å². The van der Waals surface area contributed by atoms with E-state index in [1.165, 1.54) is 12.1 Å². The summed E-state index contributed by atoms with van der Waals surface area (Å²) in [6, 6.07) is 19.8. The lowest BCUT2D eigenvalue weighted by atomic mass is 10.1. The first-order valence-corrected chi connectivity index (χ1v) is 9.02. The fourth-order valence-corrected chi connectivity index (χ4v) is 2.94. The molecule has 3 rings (SSSR count). The highest BCUT2D eigenvalue weighted by Gasteiger charge is 2.11. The highest BCUT2D eigenvalue weighted by atomic mass is 35.5. The highest BCUT2D eigenvalue weighted by molar-refractivity contribution is 6.31. The van der Waals surface area contributed by atoms with Crippen molar-refractivity contribution in [1.29, 1.82) is 0 Å². The van der Waals surface area contributed by atoms with Crippen LogP contribution in [0.15, 0.2) is 66.7 Å². The lowest BCUT2D eigenvalue weighted by Crippen LogP contribution is -2.14. The molecular formula is C22H21ClFNO2. The largest absolute Gasteiger partial charge is 0.493 e. The predicted molar refractivity (Wildman–Crippen MR) is 106 cm³/mol. The van der Waals surface area contributed by atoms with E-state index in [-0.39, 0.29) is 5.82 Å². The summed E-state index contributed by atoms with van der Waals surface area (Å²) in [7, 11) is 1.61. The van der Waals surface area contributed by atoms with Crippen LogP contribution in [0.2, 0.25) is 5.02 Å². The van der Waals surface area contributed by atoms with Crippen molar-refractivity contribution < 1.29 is 13.9 Å². The second-order valence-corrected chi connectivity index (χ2v) is 6.47. The van der Waals surface area contributed by atoms with Crippen LogP contribution in [0, 0.1) is 5.82 Å². The SMILES string of the molecule is COc1cccc(CNCc2ccccc2Cl)c1OCc1ccc(F)cc1. The molecule has 27 heavy (non-hydrogen) atoms. The summed E-state index contributed by atoms with van der Waals surface area (Å²) in [5, 5.41) is 4.13. The number of rotatable bonds is 8. The number of methoxy groups -OCH3 is 1. The standard InChI is InChI=1S/C22H21ClFNO2/c1-26-21-8-4-6-18(14-25-13-17-5-2-3-7-20(17)23)22(21)27-15-16-9-11-19(24)12-10-16/h2-12,25H,13-15H2,1H3. The number of halogens is 2. The lowest BCUT2D eigenvalue weighted by molar-refractivity contribution is 0.280. The Labute approximate surface area is 163 Å². The Morgan fingerprint density at radius 1 is 0.889 bits per heavy atom. The fraction of sp³-hybridized carbons (Fsp3) is 0.182. The first kappa shape index (κ1) is 19.2. The van der Waals surface area contributed by atoms with Gasteiger partial charge in [-0.1, -0.05) is 54.1 Å². The maximum absolute atomic E-state index is 13.1. The van der Waals surface area contributed by atoms with Crippen molar-refractivity contribution in [3.63, 3.8) is 0 Å². The molecule has 0 atom stereocenters. The van der Waals surface area contributed by atoms with Crippen molar-refractivity contribution in [1.82, 2.24) is 5.32 Å². The highest BCUT2D eigenvalue weighted by Crippen LogP contribution is 2.32. The molecule has 0 heterocycles. The van der Waals surface area contributed by atoms with Crippen LogP contribution in [-0.2, 0) is 19.7 Å². The number of para-hydroxylation sites is 1. The molecule has 0 saturated carbocycles. The summed E-state index contributed by atoms with van der Waals surface area (Å²) >= 11 is 6.20. The third-order valence-corrected chi connectivity index (χ3v) is 4.53. The molecule has 0 aliphatic rings. The lowest BCUT2D eigenvalue weighted by Gasteiger charge is -2.16. The molecule has 140 valence electrons. The summed E-state index contributed by atoms with van der Waals surface area (Å²) in [6.45, 7) is 1.58. The van der Waals surface area contributed by atoms with Crippen LogP contribution in [0.4, 0.5) is 4.39 Å². The Hall–Kier alpha value is -2.56. The molecule has 3 aromatic rings. The zero-order chi connectivity index (χ0) is 19.1. The van der Waals surface area contributed by atoms with Crippen LogP contribution >= 0.6 is 11.6 Å². The molecule has 0 amide bonds. The third-order valence-electron chi connectivity index (χ3n) is 4.17. The Morgan fingerprint density at radius 2 is 1.59 bits per heavy atom. The minimum Gasteiger partial charge on any atom is -0.493 e. The van der Waals surface area contributed by atoms with Gasteiger partial charge in [-0.3, -0.25) is 0 Å². The third kappa shape index (κ3) is 5.22. The monoisotopic (exact) mass is 385 g/mol. The molecule has 3 nitrogen and oxygen atoms in total. The minimum atomic E-state index is -0.263. The van der Waals surface area contributed by atoms with Crippen LogP contribution in [0.25, 0.3) is 0 Å². The molecule has 1 N–H and O–H groups in total. The zero-order valence-corrected chi connectivity index (χ0v) is 15.8. The Balaban J connectivity index is 1.69. The van der Waals surface area contributed by atoms with E-state index < -0.39 is 0 Å². The first-order valence-electron chi connectivity index (χ1n) is 8.64. The fourth-order valence-electron chi connectivity index (χ4n) is 2.73. The van der Waals surface area contributed by atoms with Crippen LogP contribution in [0.5, 0.6) is 11.5 Å². The minimum absolute atomic E-state index is 0.263. The van der Waals surface area contributed by atoms with Crippen molar-refractivity contribution in [2.24, 2.45) is 0 Å². The van der Waals surface area contributed by atoms with Gasteiger partial charge < -0.3 is 14.8 Å². The molecule has 5 heteroatoms. The van der Waals surface area contributed by atoms with Crippen LogP contribution in [0.3, 0.4) is 0 Å². The van der Waals surface area contributed by atoms with E-state index in [9.17, 15) is 4.39 Å². The molecular weight excluding hydrogens is 365 g/mol. The van der Waals surface area contributed by atoms with Gasteiger partial charge in [-0.05, 0) is 35.4 Å². The van der Waals surface area contributed by atoms with Gasteiger partial charge >= 0.3 is 0 Å². The van der Waals surface area contributed by atoms with Gasteiger partial charge in [-0.25, -0.2) is 4.39 Å². The predicted octanol–water partition coefficient (Wildman–Crippen LogP) is 5.36. The molecule has 0 aliphatic heterocycles. The molecule has 0 aromatic heterocycles. The van der Waals surface area contributed by atoms with Gasteiger partial charge in [-0.15, -0.1) is 0 Å². The van der Waals surface area contributed by atoms with E-state index >= 15 is 0 Å². The summed E-state index contributed by atoms with van der Waals surface area (Å²) in [4.78, 5) is 0. The smallest absolute Gasteiger partial charge is 0.166 e. The number of ether oxygens (including phenoxy) is 2. The summed E-state index contributed by atoms with van der Waals surface area (Å²) in [5.74, 6) is 1.07. The Bertz CT molecular complexity index is 884. The van der Waals surface area contributed by atoms with Gasteiger partial charge in [0.05, 0.1) is 7.11 Å². The molecule has 0 aliphatic carbocycles. The summed E-state index contributed by atoms with van der Waals surface area (Å²) in [5.41, 5.74) is 2.90. The van der Waals surface area contributed by atoms with Crippen LogP contribution in [0.1, 0.15) is 16.7 Å². The van der Waals surface area contributed by atoms with Crippen molar-refractivity contribution in [3.8, 4) is 11.5 Å². The second kappa shape index (κ2) is 9.40. The maximum Gasteiger partial charge on any atom is 0.166 e. The number of hydrogen-bond donors (Lipinski definition) is 1. The van der Waals surface area contributed by atoms with E-state index in [1.54, 1.807) is 19.2 Å². The number of hydrogen-bond acceptors (Lipinski definition) is 3. The van der Waals surface area contributed by atoms with Gasteiger partial charge in [0, 0.05) is 23.7 Å². The van der Waals surface area contributed by atoms with Crippen molar-refractivity contribution >= 4 is 11.6 Å². The molecule has 3 aromatic carbocycles. The van der Waals surface area contributed by atoms with Gasteiger partial charge in [0.15, 0.2) is 11.5 Å². The Kier molecular flexibility index (Phi) is 6.69. The average Bonchev–Trinajstić information content (AvgIpc) is 2.69. The van der Waals surface area contributed by atoms with Gasteiger partial charge in [0.1, 0.15) is 12.4 Å². The van der Waals surface area contributed by atoms with E-state index in [4.69, 9.17) is 21.1 Å². The second-order valence-electron chi connectivity index (χ2n) is 6.06. The van der Waals surface area contributed by atoms with Crippen LogP contribution in [-0.4, -0.2) is 7.11 Å². The van der Waals surface area contributed by atoms with Gasteiger partial charge in [0.25, 0.3) is 0 Å². The summed E-state index contributed by atoms with van der Waals surface area (Å²) in [6.07, 6.45) is 0. The molecule has 0 fully saturated rings. The molecule has 0 spiro atoms. The zero-order valence-electron chi connectivity index (χ0n) is 15.0. The normalized spacial score (nSPS) is 10.6. The first-order chi connectivity index (χ1) is 13.2. The number of benzene rings is 3. The molecule has 0 saturated heterocycles. The van der Waals surface area contributed by atoms with Crippen molar-refractivity contribution in [3.05, 3.63) is 94.3 Å². The Morgan fingerprint density at radius 3 is 2.33 bits per heavy atom. The van der Waals surface area contributed by atoms with E-state index in [0.717, 1.165) is 21.7 Å². The summed E-state index contributed by atoms with van der Waals surface area (Å²) < 4.78 is 24.5. The van der Waals surface area contributed by atoms with Crippen LogP contribution < -0.4 is 14.8 Å². The number of nitrogens with one attached hydrogen (secondary N) is 1. The topological polar surface area (TPSA) is 30.5 Å². The quantitative estimate of drug-likeness (QED) is 0.566. The average molecular weight is 386 g/mol. The van der Waals surface area contributed by atoms with E-state index in [0.29, 0.717) is 31.2 Å². The molecule has 0 bridgehead atoms. The van der Waals surface area contributed by atoms with E-state index in [2.05, 4.69) is 5.32 Å². The van der Waals surface area contributed by atoms with Crippen molar-refractivity contribution in [2.45, 2.75) is 19.7 Å².